The summed E-state index contributed by atoms with van der Waals surface area (Å²) in [6.45, 7) is 10.1. The van der Waals surface area contributed by atoms with Gasteiger partial charge in [0.25, 0.3) is 0 Å². The molecule has 0 saturated carbocycles. The minimum absolute atomic E-state index is 0.720. The molecule has 1 aliphatic rings. The molecule has 2 atom stereocenters. The van der Waals surface area contributed by atoms with Crippen molar-refractivity contribution in [1.29, 1.82) is 0 Å². The SMILES string of the molecule is CCCNC(CC1CCOCC1)C(C)CCC. The van der Waals surface area contributed by atoms with E-state index in [9.17, 15) is 0 Å². The minimum atomic E-state index is 0.720. The summed E-state index contributed by atoms with van der Waals surface area (Å²) in [5, 5.41) is 3.76. The third kappa shape index (κ3) is 5.87. The molecule has 0 aliphatic carbocycles. The molecule has 2 nitrogen and oxygen atoms in total. The molecule has 1 aliphatic heterocycles. The maximum Gasteiger partial charge on any atom is 0.0468 e. The summed E-state index contributed by atoms with van der Waals surface area (Å²) in [4.78, 5) is 0. The van der Waals surface area contributed by atoms with Crippen LogP contribution in [0.2, 0.25) is 0 Å². The van der Waals surface area contributed by atoms with Crippen molar-refractivity contribution in [2.45, 2.75) is 65.3 Å². The lowest BCUT2D eigenvalue weighted by atomic mass is 9.85. The number of ether oxygens (including phenoxy) is 1. The van der Waals surface area contributed by atoms with Crippen molar-refractivity contribution in [3.63, 3.8) is 0 Å². The first-order chi connectivity index (χ1) is 8.27. The van der Waals surface area contributed by atoms with Crippen molar-refractivity contribution in [3.05, 3.63) is 0 Å². The van der Waals surface area contributed by atoms with Crippen LogP contribution in [0.5, 0.6) is 0 Å². The number of rotatable bonds is 8. The second-order valence-corrected chi connectivity index (χ2v) is 5.62. The standard InChI is InChI=1S/C15H31NO/c1-4-6-13(3)15(16-9-5-2)12-14-7-10-17-11-8-14/h13-16H,4-12H2,1-3H3. The summed E-state index contributed by atoms with van der Waals surface area (Å²) in [6, 6.07) is 0.720. The van der Waals surface area contributed by atoms with Gasteiger partial charge in [-0.1, -0.05) is 27.2 Å². The molecule has 2 heteroatoms. The third-order valence-electron chi connectivity index (χ3n) is 4.02. The number of hydrogen-bond donors (Lipinski definition) is 1. The van der Waals surface area contributed by atoms with E-state index in [0.717, 1.165) is 31.1 Å². The fraction of sp³-hybridized carbons (Fsp3) is 1.00. The van der Waals surface area contributed by atoms with Gasteiger partial charge in [0.1, 0.15) is 0 Å². The van der Waals surface area contributed by atoms with Gasteiger partial charge in [-0.2, -0.15) is 0 Å². The van der Waals surface area contributed by atoms with E-state index in [2.05, 4.69) is 26.1 Å². The highest BCUT2D eigenvalue weighted by molar-refractivity contribution is 4.78. The van der Waals surface area contributed by atoms with Crippen LogP contribution >= 0.6 is 0 Å². The van der Waals surface area contributed by atoms with E-state index in [1.54, 1.807) is 0 Å². The molecule has 1 heterocycles. The van der Waals surface area contributed by atoms with Crippen LogP contribution in [0.25, 0.3) is 0 Å². The summed E-state index contributed by atoms with van der Waals surface area (Å²) in [5.74, 6) is 1.70. The molecular weight excluding hydrogens is 210 g/mol. The molecule has 1 N–H and O–H groups in total. The molecule has 0 bridgehead atoms. The second kappa shape index (κ2) is 8.93. The smallest absolute Gasteiger partial charge is 0.0468 e. The Hall–Kier alpha value is -0.0800. The van der Waals surface area contributed by atoms with Gasteiger partial charge in [0, 0.05) is 19.3 Å². The van der Waals surface area contributed by atoms with Crippen LogP contribution in [0.4, 0.5) is 0 Å². The quantitative estimate of drug-likeness (QED) is 0.701. The molecule has 1 rings (SSSR count). The van der Waals surface area contributed by atoms with E-state index < -0.39 is 0 Å². The number of hydrogen-bond acceptors (Lipinski definition) is 2. The maximum atomic E-state index is 5.45. The van der Waals surface area contributed by atoms with E-state index in [0.29, 0.717) is 0 Å². The Balaban J connectivity index is 2.37. The topological polar surface area (TPSA) is 21.3 Å². The molecule has 0 radical (unpaired) electrons. The van der Waals surface area contributed by atoms with Crippen molar-refractivity contribution in [1.82, 2.24) is 5.32 Å². The monoisotopic (exact) mass is 241 g/mol. The zero-order chi connectivity index (χ0) is 12.5. The Morgan fingerprint density at radius 1 is 1.18 bits per heavy atom. The zero-order valence-electron chi connectivity index (χ0n) is 12.0. The summed E-state index contributed by atoms with van der Waals surface area (Å²) < 4.78 is 5.45. The van der Waals surface area contributed by atoms with Gasteiger partial charge >= 0.3 is 0 Å². The van der Waals surface area contributed by atoms with Gasteiger partial charge in [0.2, 0.25) is 0 Å². The van der Waals surface area contributed by atoms with Gasteiger partial charge in [-0.05, 0) is 50.5 Å². The molecule has 0 amide bonds. The van der Waals surface area contributed by atoms with Gasteiger partial charge < -0.3 is 10.1 Å². The van der Waals surface area contributed by atoms with Crippen LogP contribution in [-0.4, -0.2) is 25.8 Å². The van der Waals surface area contributed by atoms with Gasteiger partial charge in [-0.3, -0.25) is 0 Å². The van der Waals surface area contributed by atoms with Gasteiger partial charge in [0.15, 0.2) is 0 Å². The predicted octanol–water partition coefficient (Wildman–Crippen LogP) is 3.61. The molecule has 1 saturated heterocycles. The highest BCUT2D eigenvalue weighted by Crippen LogP contribution is 2.24. The Morgan fingerprint density at radius 3 is 2.47 bits per heavy atom. The first-order valence-corrected chi connectivity index (χ1v) is 7.59. The lowest BCUT2D eigenvalue weighted by Gasteiger charge is -2.31. The van der Waals surface area contributed by atoms with Crippen molar-refractivity contribution < 1.29 is 4.74 Å². The summed E-state index contributed by atoms with van der Waals surface area (Å²) in [5.41, 5.74) is 0. The summed E-state index contributed by atoms with van der Waals surface area (Å²) in [6.07, 6.45) is 7.78. The first kappa shape index (κ1) is 15.0. The number of nitrogens with one attached hydrogen (secondary N) is 1. The largest absolute Gasteiger partial charge is 0.381 e. The maximum absolute atomic E-state index is 5.45. The van der Waals surface area contributed by atoms with Crippen LogP contribution in [-0.2, 0) is 4.74 Å². The van der Waals surface area contributed by atoms with Gasteiger partial charge in [-0.15, -0.1) is 0 Å². The van der Waals surface area contributed by atoms with E-state index in [-0.39, 0.29) is 0 Å². The van der Waals surface area contributed by atoms with Crippen molar-refractivity contribution in [2.75, 3.05) is 19.8 Å². The third-order valence-corrected chi connectivity index (χ3v) is 4.02. The highest BCUT2D eigenvalue weighted by atomic mass is 16.5. The molecule has 0 spiro atoms. The molecule has 0 aromatic heterocycles. The van der Waals surface area contributed by atoms with E-state index in [1.165, 1.54) is 45.1 Å². The molecule has 2 unspecified atom stereocenters. The normalized spacial score (nSPS) is 21.4. The molecule has 17 heavy (non-hydrogen) atoms. The van der Waals surface area contributed by atoms with E-state index in [1.807, 2.05) is 0 Å². The van der Waals surface area contributed by atoms with E-state index >= 15 is 0 Å². The van der Waals surface area contributed by atoms with Crippen LogP contribution in [0, 0.1) is 11.8 Å². The summed E-state index contributed by atoms with van der Waals surface area (Å²) in [7, 11) is 0. The fourth-order valence-corrected chi connectivity index (χ4v) is 2.84. The first-order valence-electron chi connectivity index (χ1n) is 7.59. The van der Waals surface area contributed by atoms with Crippen molar-refractivity contribution >= 4 is 0 Å². The van der Waals surface area contributed by atoms with Gasteiger partial charge in [-0.25, -0.2) is 0 Å². The Kier molecular flexibility index (Phi) is 7.87. The van der Waals surface area contributed by atoms with Crippen molar-refractivity contribution in [2.24, 2.45) is 11.8 Å². The lowest BCUT2D eigenvalue weighted by molar-refractivity contribution is 0.0579. The Morgan fingerprint density at radius 2 is 1.88 bits per heavy atom. The zero-order valence-corrected chi connectivity index (χ0v) is 12.0. The average molecular weight is 241 g/mol. The second-order valence-electron chi connectivity index (χ2n) is 5.62. The summed E-state index contributed by atoms with van der Waals surface area (Å²) >= 11 is 0. The lowest BCUT2D eigenvalue weighted by Crippen LogP contribution is -2.38. The van der Waals surface area contributed by atoms with Crippen LogP contribution in [0.15, 0.2) is 0 Å². The molecule has 102 valence electrons. The fourth-order valence-electron chi connectivity index (χ4n) is 2.84. The molecule has 0 aromatic carbocycles. The van der Waals surface area contributed by atoms with Crippen molar-refractivity contribution in [3.8, 4) is 0 Å². The van der Waals surface area contributed by atoms with Crippen LogP contribution in [0.1, 0.15) is 59.3 Å². The van der Waals surface area contributed by atoms with Crippen LogP contribution in [0.3, 0.4) is 0 Å². The van der Waals surface area contributed by atoms with Crippen LogP contribution < -0.4 is 5.32 Å². The molecule has 0 aromatic rings. The average Bonchev–Trinajstić information content (AvgIpc) is 2.36. The molecule has 1 fully saturated rings. The molecular formula is C15H31NO. The Labute approximate surface area is 108 Å². The minimum Gasteiger partial charge on any atom is -0.381 e. The highest BCUT2D eigenvalue weighted by Gasteiger charge is 2.22. The van der Waals surface area contributed by atoms with Gasteiger partial charge in [0.05, 0.1) is 0 Å². The Bertz CT molecular complexity index is 178. The predicted molar refractivity (Wildman–Crippen MR) is 74.3 cm³/mol. The van der Waals surface area contributed by atoms with E-state index in [4.69, 9.17) is 4.74 Å².